The van der Waals surface area contributed by atoms with Gasteiger partial charge in [0.05, 0.1) is 6.61 Å². The maximum Gasteiger partial charge on any atom is 0.124 e. The van der Waals surface area contributed by atoms with Gasteiger partial charge >= 0.3 is 0 Å². The summed E-state index contributed by atoms with van der Waals surface area (Å²) >= 11 is 1.55. The smallest absolute Gasteiger partial charge is 0.124 e. The van der Waals surface area contributed by atoms with Crippen LogP contribution in [0.4, 0.5) is 4.39 Å². The first-order valence-corrected chi connectivity index (χ1v) is 4.84. The van der Waals surface area contributed by atoms with Gasteiger partial charge in [-0.05, 0) is 28.5 Å². The lowest BCUT2D eigenvalue weighted by Gasteiger charge is -1.96. The molecule has 0 aliphatic carbocycles. The largest absolute Gasteiger partial charge is 0.380 e. The van der Waals surface area contributed by atoms with E-state index < -0.39 is 0 Å². The monoisotopic (exact) mass is 196 g/mol. The van der Waals surface area contributed by atoms with Gasteiger partial charge in [0, 0.05) is 11.8 Å². The number of hydrogen-bond donors (Lipinski definition) is 0. The molecule has 0 N–H and O–H groups in total. The Kier molecular flexibility index (Phi) is 2.29. The van der Waals surface area contributed by atoms with E-state index in [4.69, 9.17) is 4.74 Å². The zero-order valence-corrected chi connectivity index (χ0v) is 8.03. The molecule has 68 valence electrons. The Morgan fingerprint density at radius 2 is 2.31 bits per heavy atom. The average molecular weight is 196 g/mol. The van der Waals surface area contributed by atoms with Crippen LogP contribution in [0.1, 0.15) is 5.56 Å². The summed E-state index contributed by atoms with van der Waals surface area (Å²) in [5.41, 5.74) is 1.13. The van der Waals surface area contributed by atoms with Crippen LogP contribution in [0.15, 0.2) is 23.6 Å². The van der Waals surface area contributed by atoms with E-state index in [9.17, 15) is 4.39 Å². The Morgan fingerprint density at radius 1 is 1.46 bits per heavy atom. The van der Waals surface area contributed by atoms with Crippen molar-refractivity contribution < 1.29 is 9.13 Å². The molecule has 2 rings (SSSR count). The van der Waals surface area contributed by atoms with E-state index in [1.54, 1.807) is 30.6 Å². The van der Waals surface area contributed by atoms with Crippen LogP contribution < -0.4 is 0 Å². The lowest BCUT2D eigenvalue weighted by Crippen LogP contribution is -1.84. The van der Waals surface area contributed by atoms with E-state index in [1.807, 2.05) is 5.38 Å². The molecule has 13 heavy (non-hydrogen) atoms. The molecule has 0 saturated heterocycles. The van der Waals surface area contributed by atoms with Crippen LogP contribution in [0.5, 0.6) is 0 Å². The third-order valence-electron chi connectivity index (χ3n) is 1.92. The zero-order valence-electron chi connectivity index (χ0n) is 7.21. The highest BCUT2D eigenvalue weighted by molar-refractivity contribution is 7.17. The maximum absolute atomic E-state index is 12.8. The van der Waals surface area contributed by atoms with Crippen molar-refractivity contribution in [2.45, 2.75) is 6.61 Å². The van der Waals surface area contributed by atoms with Gasteiger partial charge in [0.15, 0.2) is 0 Å². The van der Waals surface area contributed by atoms with Gasteiger partial charge in [-0.15, -0.1) is 11.3 Å². The fraction of sp³-hybridized carbons (Fsp3) is 0.200. The van der Waals surface area contributed by atoms with E-state index in [1.165, 1.54) is 6.07 Å². The Hall–Kier alpha value is -0.930. The van der Waals surface area contributed by atoms with E-state index in [0.29, 0.717) is 6.61 Å². The van der Waals surface area contributed by atoms with Crippen molar-refractivity contribution in [2.75, 3.05) is 7.11 Å². The minimum absolute atomic E-state index is 0.182. The first-order valence-electron chi connectivity index (χ1n) is 3.96. The van der Waals surface area contributed by atoms with Gasteiger partial charge in [-0.25, -0.2) is 4.39 Å². The summed E-state index contributed by atoms with van der Waals surface area (Å²) in [4.78, 5) is 0. The topological polar surface area (TPSA) is 9.23 Å². The van der Waals surface area contributed by atoms with Crippen molar-refractivity contribution in [1.29, 1.82) is 0 Å². The van der Waals surface area contributed by atoms with E-state index in [-0.39, 0.29) is 5.82 Å². The summed E-state index contributed by atoms with van der Waals surface area (Å²) in [6.07, 6.45) is 0. The predicted octanol–water partition coefficient (Wildman–Crippen LogP) is 3.19. The fourth-order valence-corrected chi connectivity index (χ4v) is 2.30. The molecule has 0 saturated carbocycles. The Balaban J connectivity index is 2.55. The molecular weight excluding hydrogens is 187 g/mol. The van der Waals surface area contributed by atoms with Gasteiger partial charge in [-0.1, -0.05) is 6.07 Å². The van der Waals surface area contributed by atoms with Crippen molar-refractivity contribution in [1.82, 2.24) is 0 Å². The quantitative estimate of drug-likeness (QED) is 0.716. The number of fused-ring (bicyclic) bond motifs is 1. The van der Waals surface area contributed by atoms with Gasteiger partial charge < -0.3 is 4.74 Å². The molecule has 0 radical (unpaired) electrons. The van der Waals surface area contributed by atoms with Crippen LogP contribution in [0, 0.1) is 5.82 Å². The summed E-state index contributed by atoms with van der Waals surface area (Å²) < 4.78 is 18.8. The van der Waals surface area contributed by atoms with Crippen molar-refractivity contribution in [3.63, 3.8) is 0 Å². The van der Waals surface area contributed by atoms with E-state index in [2.05, 4.69) is 0 Å². The molecule has 0 aliphatic rings. The van der Waals surface area contributed by atoms with Crippen LogP contribution in [-0.4, -0.2) is 7.11 Å². The molecule has 1 aromatic carbocycles. The molecule has 0 aliphatic heterocycles. The van der Waals surface area contributed by atoms with E-state index in [0.717, 1.165) is 15.6 Å². The lowest BCUT2D eigenvalue weighted by molar-refractivity contribution is 0.186. The number of ether oxygens (including phenoxy) is 1. The number of rotatable bonds is 2. The molecular formula is C10H9FOS. The summed E-state index contributed by atoms with van der Waals surface area (Å²) in [7, 11) is 1.66. The van der Waals surface area contributed by atoms with Crippen molar-refractivity contribution in [2.24, 2.45) is 0 Å². The SMILES string of the molecule is COCc1csc2cc(F)ccc12. The number of hydrogen-bond acceptors (Lipinski definition) is 2. The van der Waals surface area contributed by atoms with Gasteiger partial charge in [-0.3, -0.25) is 0 Å². The van der Waals surface area contributed by atoms with Crippen LogP contribution in [0.3, 0.4) is 0 Å². The molecule has 1 heterocycles. The third-order valence-corrected chi connectivity index (χ3v) is 2.91. The fourth-order valence-electron chi connectivity index (χ4n) is 1.32. The molecule has 0 spiro atoms. The van der Waals surface area contributed by atoms with Gasteiger partial charge in [0.2, 0.25) is 0 Å². The highest BCUT2D eigenvalue weighted by Crippen LogP contribution is 2.26. The zero-order chi connectivity index (χ0) is 9.26. The van der Waals surface area contributed by atoms with Crippen LogP contribution in [0.2, 0.25) is 0 Å². The number of methoxy groups -OCH3 is 1. The molecule has 1 nitrogen and oxygen atoms in total. The molecule has 0 atom stereocenters. The second-order valence-electron chi connectivity index (χ2n) is 2.83. The van der Waals surface area contributed by atoms with Crippen molar-refractivity contribution >= 4 is 21.4 Å². The first-order chi connectivity index (χ1) is 6.31. The summed E-state index contributed by atoms with van der Waals surface area (Å²) in [5.74, 6) is -0.182. The number of halogens is 1. The third kappa shape index (κ3) is 1.57. The molecule has 0 fully saturated rings. The predicted molar refractivity (Wildman–Crippen MR) is 52.5 cm³/mol. The van der Waals surface area contributed by atoms with E-state index >= 15 is 0 Å². The number of benzene rings is 1. The average Bonchev–Trinajstić information content (AvgIpc) is 2.49. The van der Waals surface area contributed by atoms with Crippen LogP contribution in [0.25, 0.3) is 10.1 Å². The molecule has 3 heteroatoms. The molecule has 0 bridgehead atoms. The second-order valence-corrected chi connectivity index (χ2v) is 3.75. The van der Waals surface area contributed by atoms with Gasteiger partial charge in [0.1, 0.15) is 5.82 Å². The highest BCUT2D eigenvalue weighted by Gasteiger charge is 2.03. The second kappa shape index (κ2) is 3.44. The standard InChI is InChI=1S/C10H9FOS/c1-12-5-7-6-13-10-4-8(11)2-3-9(7)10/h2-4,6H,5H2,1H3. The van der Waals surface area contributed by atoms with Gasteiger partial charge in [-0.2, -0.15) is 0 Å². The highest BCUT2D eigenvalue weighted by atomic mass is 32.1. The first kappa shape index (κ1) is 8.66. The van der Waals surface area contributed by atoms with Crippen LogP contribution in [-0.2, 0) is 11.3 Å². The molecule has 0 unspecified atom stereocenters. The summed E-state index contributed by atoms with van der Waals surface area (Å²) in [6, 6.07) is 4.84. The minimum atomic E-state index is -0.182. The normalized spacial score (nSPS) is 10.9. The Bertz CT molecular complexity index is 422. The van der Waals surface area contributed by atoms with Crippen LogP contribution >= 0.6 is 11.3 Å². The van der Waals surface area contributed by atoms with Crippen molar-refractivity contribution in [3.8, 4) is 0 Å². The molecule has 1 aromatic heterocycles. The summed E-state index contributed by atoms with van der Waals surface area (Å²) in [5, 5.41) is 3.10. The van der Waals surface area contributed by atoms with Gasteiger partial charge in [0.25, 0.3) is 0 Å². The Labute approximate surface area is 79.8 Å². The molecule has 0 amide bonds. The maximum atomic E-state index is 12.8. The number of thiophene rings is 1. The lowest BCUT2D eigenvalue weighted by atomic mass is 10.2. The summed E-state index contributed by atoms with van der Waals surface area (Å²) in [6.45, 7) is 0.589. The van der Waals surface area contributed by atoms with Crippen molar-refractivity contribution in [3.05, 3.63) is 35.0 Å². The Morgan fingerprint density at radius 3 is 3.08 bits per heavy atom. The minimum Gasteiger partial charge on any atom is -0.380 e. The molecule has 2 aromatic rings.